The van der Waals surface area contributed by atoms with Gasteiger partial charge in [0.25, 0.3) is 0 Å². The number of terminal acetylenes is 1. The first-order valence-electron chi connectivity index (χ1n) is 12.0. The molecule has 0 unspecified atom stereocenters. The first-order valence-corrected chi connectivity index (χ1v) is 12.0. The van der Waals surface area contributed by atoms with Gasteiger partial charge in [-0.1, -0.05) is 48.7 Å². The summed E-state index contributed by atoms with van der Waals surface area (Å²) in [5, 5.41) is 0. The van der Waals surface area contributed by atoms with Crippen molar-refractivity contribution in [1.29, 1.82) is 0 Å². The van der Waals surface area contributed by atoms with Crippen LogP contribution < -0.4 is 0 Å². The van der Waals surface area contributed by atoms with E-state index >= 15 is 0 Å². The molecule has 1 aromatic rings. The fourth-order valence-corrected chi connectivity index (χ4v) is 7.57. The zero-order valence-electron chi connectivity index (χ0n) is 18.6. The van der Waals surface area contributed by atoms with Crippen LogP contribution in [0.2, 0.25) is 0 Å². The van der Waals surface area contributed by atoms with E-state index in [1.165, 1.54) is 18.4 Å². The molecule has 0 N–H and O–H groups in total. The molecule has 3 fully saturated rings. The van der Waals surface area contributed by atoms with Crippen LogP contribution in [-0.2, 0) is 20.9 Å². The number of benzene rings is 1. The zero-order chi connectivity index (χ0) is 21.5. The van der Waals surface area contributed by atoms with Crippen LogP contribution in [-0.4, -0.2) is 18.2 Å². The Kier molecular flexibility index (Phi) is 5.57. The quantitative estimate of drug-likeness (QED) is 0.350. The van der Waals surface area contributed by atoms with E-state index < -0.39 is 5.60 Å². The van der Waals surface area contributed by atoms with Crippen molar-refractivity contribution in [3.05, 3.63) is 47.5 Å². The molecule has 0 spiro atoms. The first kappa shape index (κ1) is 21.0. The van der Waals surface area contributed by atoms with E-state index in [-0.39, 0.29) is 12.2 Å². The molecule has 4 aliphatic carbocycles. The number of allylic oxidation sites excluding steroid dienone is 1. The van der Waals surface area contributed by atoms with E-state index in [2.05, 4.69) is 25.0 Å². The number of hydrogen-bond donors (Lipinski definition) is 0. The van der Waals surface area contributed by atoms with Crippen molar-refractivity contribution in [3.63, 3.8) is 0 Å². The van der Waals surface area contributed by atoms with E-state index in [4.69, 9.17) is 15.9 Å². The lowest BCUT2D eigenvalue weighted by molar-refractivity contribution is -0.178. The van der Waals surface area contributed by atoms with Gasteiger partial charge in [-0.3, -0.25) is 4.79 Å². The summed E-state index contributed by atoms with van der Waals surface area (Å²) in [6, 6.07) is 10.2. The second-order valence-corrected chi connectivity index (χ2v) is 10.4. The molecule has 3 saturated carbocycles. The topological polar surface area (TPSA) is 35.5 Å². The fourth-order valence-electron chi connectivity index (χ4n) is 7.57. The Balaban J connectivity index is 1.28. The van der Waals surface area contributed by atoms with Gasteiger partial charge in [0.2, 0.25) is 0 Å². The van der Waals surface area contributed by atoms with Crippen molar-refractivity contribution < 1.29 is 14.3 Å². The Morgan fingerprint density at radius 1 is 1.06 bits per heavy atom. The second kappa shape index (κ2) is 8.23. The van der Waals surface area contributed by atoms with E-state index in [1.54, 1.807) is 0 Å². The molecule has 0 bridgehead atoms. The molecule has 0 radical (unpaired) electrons. The van der Waals surface area contributed by atoms with Crippen LogP contribution in [0.4, 0.5) is 0 Å². The van der Waals surface area contributed by atoms with Gasteiger partial charge < -0.3 is 9.47 Å². The van der Waals surface area contributed by atoms with Gasteiger partial charge in [0.05, 0.1) is 6.61 Å². The summed E-state index contributed by atoms with van der Waals surface area (Å²) in [5.74, 6) is 6.10. The molecule has 0 amide bonds. The van der Waals surface area contributed by atoms with Gasteiger partial charge in [-0.25, -0.2) is 0 Å². The fraction of sp³-hybridized carbons (Fsp3) is 0.607. The van der Waals surface area contributed by atoms with Crippen molar-refractivity contribution in [1.82, 2.24) is 0 Å². The third-order valence-corrected chi connectivity index (χ3v) is 9.15. The molecule has 0 aliphatic heterocycles. The van der Waals surface area contributed by atoms with Crippen molar-refractivity contribution in [2.24, 2.45) is 29.1 Å². The third kappa shape index (κ3) is 3.49. The van der Waals surface area contributed by atoms with E-state index in [0.717, 1.165) is 44.1 Å². The Labute approximate surface area is 186 Å². The largest absolute Gasteiger partial charge is 0.351 e. The molecule has 3 heteroatoms. The van der Waals surface area contributed by atoms with Crippen molar-refractivity contribution >= 4 is 5.78 Å². The molecule has 1 aromatic carbocycles. The summed E-state index contributed by atoms with van der Waals surface area (Å²) in [6.45, 7) is 3.17. The first-order chi connectivity index (χ1) is 15.1. The maximum atomic E-state index is 11.9. The second-order valence-electron chi connectivity index (χ2n) is 10.4. The number of carbonyl (C=O) groups excluding carboxylic acids is 1. The van der Waals surface area contributed by atoms with Crippen molar-refractivity contribution in [2.75, 3.05) is 6.79 Å². The highest BCUT2D eigenvalue weighted by atomic mass is 16.7. The minimum Gasteiger partial charge on any atom is -0.351 e. The van der Waals surface area contributed by atoms with E-state index in [1.807, 2.05) is 24.3 Å². The van der Waals surface area contributed by atoms with Gasteiger partial charge in [-0.15, -0.1) is 6.42 Å². The lowest BCUT2D eigenvalue weighted by Crippen LogP contribution is -2.53. The monoisotopic (exact) mass is 418 g/mol. The summed E-state index contributed by atoms with van der Waals surface area (Å²) in [6.07, 6.45) is 16.6. The highest BCUT2D eigenvalue weighted by molar-refractivity contribution is 5.91. The van der Waals surface area contributed by atoms with Gasteiger partial charge in [-0.05, 0) is 80.3 Å². The van der Waals surface area contributed by atoms with Gasteiger partial charge >= 0.3 is 0 Å². The summed E-state index contributed by atoms with van der Waals surface area (Å²) < 4.78 is 12.3. The average Bonchev–Trinajstić information content (AvgIpc) is 3.09. The van der Waals surface area contributed by atoms with Crippen molar-refractivity contribution in [3.8, 4) is 12.3 Å². The van der Waals surface area contributed by atoms with Crippen LogP contribution >= 0.6 is 0 Å². The molecule has 0 saturated heterocycles. The predicted octanol–water partition coefficient (Wildman–Crippen LogP) is 5.69. The zero-order valence-corrected chi connectivity index (χ0v) is 18.6. The minimum absolute atomic E-state index is 0.00469. The third-order valence-electron chi connectivity index (χ3n) is 9.15. The molecular weight excluding hydrogens is 384 g/mol. The van der Waals surface area contributed by atoms with E-state index in [9.17, 15) is 4.79 Å². The Bertz CT molecular complexity index is 897. The highest BCUT2D eigenvalue weighted by Crippen LogP contribution is 2.65. The Morgan fingerprint density at radius 3 is 2.71 bits per heavy atom. The molecule has 5 rings (SSSR count). The van der Waals surface area contributed by atoms with Crippen LogP contribution in [0.15, 0.2) is 42.0 Å². The molecular formula is C28H34O3. The Morgan fingerprint density at radius 2 is 1.90 bits per heavy atom. The van der Waals surface area contributed by atoms with Crippen LogP contribution in [0.5, 0.6) is 0 Å². The number of rotatable bonds is 5. The molecule has 0 aromatic heterocycles. The highest BCUT2D eigenvalue weighted by Gasteiger charge is 2.63. The lowest BCUT2D eigenvalue weighted by Gasteiger charge is -2.55. The maximum Gasteiger partial charge on any atom is 0.155 e. The van der Waals surface area contributed by atoms with Gasteiger partial charge in [0.1, 0.15) is 12.4 Å². The Hall–Kier alpha value is -1.89. The van der Waals surface area contributed by atoms with E-state index in [0.29, 0.717) is 36.1 Å². The predicted molar refractivity (Wildman–Crippen MR) is 121 cm³/mol. The van der Waals surface area contributed by atoms with Crippen LogP contribution in [0, 0.1) is 41.4 Å². The van der Waals surface area contributed by atoms with Crippen molar-refractivity contribution in [2.45, 2.75) is 70.5 Å². The van der Waals surface area contributed by atoms with Crippen LogP contribution in [0.25, 0.3) is 0 Å². The summed E-state index contributed by atoms with van der Waals surface area (Å²) in [4.78, 5) is 11.9. The standard InChI is InChI=1S/C28H34O3/c1-3-28(31-19-30-18-20-7-5-4-6-8-20)16-14-26-25-11-9-21-17-22(29)10-12-23(21)24(25)13-15-27(26,28)2/h1,4-8,17,23-26H,9-16,18-19H2,2H3/t23-,24+,25+,26-,27-,28-/m0/s1. The molecule has 3 nitrogen and oxygen atoms in total. The molecule has 6 atom stereocenters. The number of fused-ring (bicyclic) bond motifs is 5. The summed E-state index contributed by atoms with van der Waals surface area (Å²) >= 11 is 0. The van der Waals surface area contributed by atoms with Gasteiger partial charge in [-0.2, -0.15) is 0 Å². The van der Waals surface area contributed by atoms with Crippen LogP contribution in [0.1, 0.15) is 63.9 Å². The van der Waals surface area contributed by atoms with Gasteiger partial charge in [0, 0.05) is 11.8 Å². The summed E-state index contributed by atoms with van der Waals surface area (Å²) in [5.41, 5.74) is 2.06. The molecule has 4 aliphatic rings. The number of hydrogen-bond acceptors (Lipinski definition) is 3. The SMILES string of the molecule is C#C[C@]1(OCOCc2ccccc2)CC[C@H]2[C@@H]3CCC4=CC(=O)CC[C@@H]4[C@H]3CC[C@@]21C. The average molecular weight is 419 g/mol. The normalized spacial score (nSPS) is 39.1. The van der Waals surface area contributed by atoms with Gasteiger partial charge in [0.15, 0.2) is 5.78 Å². The molecule has 31 heavy (non-hydrogen) atoms. The number of ether oxygens (including phenoxy) is 2. The van der Waals surface area contributed by atoms with Crippen LogP contribution in [0.3, 0.4) is 0 Å². The molecule has 0 heterocycles. The minimum atomic E-state index is -0.530. The lowest BCUT2D eigenvalue weighted by atomic mass is 9.50. The number of carbonyl (C=O) groups is 1. The maximum absolute atomic E-state index is 11.9. The smallest absolute Gasteiger partial charge is 0.155 e. The number of ketones is 1. The molecule has 164 valence electrons. The summed E-state index contributed by atoms with van der Waals surface area (Å²) in [7, 11) is 0.